The average molecular weight is 350 g/mol. The molecular weight excluding hydrogens is 324 g/mol. The second kappa shape index (κ2) is 7.92. The van der Waals surface area contributed by atoms with Gasteiger partial charge in [-0.1, -0.05) is 30.3 Å². The molecule has 0 bridgehead atoms. The summed E-state index contributed by atoms with van der Waals surface area (Å²) >= 11 is 0. The first-order chi connectivity index (χ1) is 12.8. The van der Waals surface area contributed by atoms with Crippen LogP contribution in [-0.4, -0.2) is 31.7 Å². The fraction of sp³-hybridized carbons (Fsp3) is 0.409. The van der Waals surface area contributed by atoms with Gasteiger partial charge in [0.25, 0.3) is 5.91 Å². The molecule has 0 unspecified atom stereocenters. The van der Waals surface area contributed by atoms with Crippen LogP contribution < -0.4 is 10.2 Å². The number of hydrogen-bond donors (Lipinski definition) is 1. The molecule has 1 fully saturated rings. The third-order valence-electron chi connectivity index (χ3n) is 5.31. The van der Waals surface area contributed by atoms with Crippen molar-refractivity contribution in [3.05, 3.63) is 65.2 Å². The van der Waals surface area contributed by atoms with Gasteiger partial charge in [-0.25, -0.2) is 0 Å². The summed E-state index contributed by atoms with van der Waals surface area (Å²) in [4.78, 5) is 14.7. The van der Waals surface area contributed by atoms with Crippen molar-refractivity contribution >= 4 is 11.6 Å². The predicted molar refractivity (Wildman–Crippen MR) is 104 cm³/mol. The number of amides is 1. The number of carbonyl (C=O) groups excluding carboxylic acids is 1. The van der Waals surface area contributed by atoms with E-state index in [2.05, 4.69) is 46.6 Å². The standard InChI is InChI=1S/C22H26N2O2/c25-22(23-15-20-7-4-14-26-20)19-11-9-17(10-12-19)16-24-13-3-6-18-5-1-2-8-21(18)24/h1-2,5,8-12,20H,3-4,6-7,13-16H2,(H,23,25)/t20-/m1/s1. The predicted octanol–water partition coefficient (Wildman–Crippen LogP) is 3.55. The Morgan fingerprint density at radius 1 is 1.12 bits per heavy atom. The lowest BCUT2D eigenvalue weighted by Gasteiger charge is -2.31. The third-order valence-corrected chi connectivity index (χ3v) is 5.31. The number of aryl methyl sites for hydroxylation is 1. The van der Waals surface area contributed by atoms with Gasteiger partial charge in [0.2, 0.25) is 0 Å². The van der Waals surface area contributed by atoms with Crippen LogP contribution in [0.15, 0.2) is 48.5 Å². The number of nitrogens with zero attached hydrogens (tertiary/aromatic N) is 1. The summed E-state index contributed by atoms with van der Waals surface area (Å²) in [6.07, 6.45) is 4.67. The molecule has 4 nitrogen and oxygen atoms in total. The first kappa shape index (κ1) is 17.1. The number of rotatable bonds is 5. The molecule has 2 aromatic rings. The summed E-state index contributed by atoms with van der Waals surface area (Å²) in [6, 6.07) is 16.7. The maximum absolute atomic E-state index is 12.3. The van der Waals surface area contributed by atoms with Gasteiger partial charge in [-0.05, 0) is 55.0 Å². The first-order valence-electron chi connectivity index (χ1n) is 9.61. The first-order valence-corrected chi connectivity index (χ1v) is 9.61. The molecule has 0 radical (unpaired) electrons. The second-order valence-corrected chi connectivity index (χ2v) is 7.20. The van der Waals surface area contributed by atoms with Gasteiger partial charge in [-0.15, -0.1) is 0 Å². The van der Waals surface area contributed by atoms with Crippen molar-refractivity contribution in [2.24, 2.45) is 0 Å². The topological polar surface area (TPSA) is 41.6 Å². The molecule has 1 N–H and O–H groups in total. The Hall–Kier alpha value is -2.33. The molecule has 0 aromatic heterocycles. The van der Waals surface area contributed by atoms with Crippen molar-refractivity contribution in [2.75, 3.05) is 24.6 Å². The Balaban J connectivity index is 1.36. The molecular formula is C22H26N2O2. The van der Waals surface area contributed by atoms with Gasteiger partial charge in [0.05, 0.1) is 6.10 Å². The average Bonchev–Trinajstić information content (AvgIpc) is 3.21. The number of nitrogens with one attached hydrogen (secondary N) is 1. The fourth-order valence-corrected chi connectivity index (χ4v) is 3.87. The Kier molecular flexibility index (Phi) is 5.21. The smallest absolute Gasteiger partial charge is 0.251 e. The molecule has 2 aliphatic heterocycles. The van der Waals surface area contributed by atoms with E-state index in [0.717, 1.165) is 39.0 Å². The van der Waals surface area contributed by atoms with Gasteiger partial charge < -0.3 is 15.0 Å². The lowest BCUT2D eigenvalue weighted by Crippen LogP contribution is -2.31. The molecule has 0 saturated carbocycles. The Labute approximate surface area is 155 Å². The molecule has 2 aliphatic rings. The Bertz CT molecular complexity index is 751. The van der Waals surface area contributed by atoms with Crippen LogP contribution in [0.2, 0.25) is 0 Å². The molecule has 26 heavy (non-hydrogen) atoms. The largest absolute Gasteiger partial charge is 0.376 e. The van der Waals surface area contributed by atoms with E-state index in [4.69, 9.17) is 4.74 Å². The zero-order chi connectivity index (χ0) is 17.8. The molecule has 2 heterocycles. The van der Waals surface area contributed by atoms with E-state index in [9.17, 15) is 4.79 Å². The zero-order valence-corrected chi connectivity index (χ0v) is 15.1. The normalized spacial score (nSPS) is 19.2. The van der Waals surface area contributed by atoms with Crippen LogP contribution in [0.5, 0.6) is 0 Å². The molecule has 1 amide bonds. The van der Waals surface area contributed by atoms with Gasteiger partial charge in [0.1, 0.15) is 0 Å². The zero-order valence-electron chi connectivity index (χ0n) is 15.1. The maximum Gasteiger partial charge on any atom is 0.251 e. The molecule has 4 heteroatoms. The van der Waals surface area contributed by atoms with Crippen molar-refractivity contribution in [3.8, 4) is 0 Å². The number of fused-ring (bicyclic) bond motifs is 1. The minimum Gasteiger partial charge on any atom is -0.376 e. The van der Waals surface area contributed by atoms with Crippen LogP contribution in [0.25, 0.3) is 0 Å². The molecule has 136 valence electrons. The van der Waals surface area contributed by atoms with E-state index in [1.54, 1.807) is 0 Å². The van der Waals surface area contributed by atoms with E-state index in [1.165, 1.54) is 23.2 Å². The highest BCUT2D eigenvalue weighted by molar-refractivity contribution is 5.94. The van der Waals surface area contributed by atoms with Gasteiger partial charge in [-0.2, -0.15) is 0 Å². The lowest BCUT2D eigenvalue weighted by molar-refractivity contribution is 0.0858. The summed E-state index contributed by atoms with van der Waals surface area (Å²) < 4.78 is 5.55. The van der Waals surface area contributed by atoms with Gasteiger partial charge >= 0.3 is 0 Å². The van der Waals surface area contributed by atoms with E-state index in [0.29, 0.717) is 12.1 Å². The molecule has 0 spiro atoms. The van der Waals surface area contributed by atoms with E-state index < -0.39 is 0 Å². The van der Waals surface area contributed by atoms with Crippen LogP contribution in [0.4, 0.5) is 5.69 Å². The minimum atomic E-state index is -0.0182. The number of benzene rings is 2. The summed E-state index contributed by atoms with van der Waals surface area (Å²) in [5.41, 5.74) is 4.73. The molecule has 2 aromatic carbocycles. The van der Waals surface area contributed by atoms with Crippen molar-refractivity contribution in [1.82, 2.24) is 5.32 Å². The van der Waals surface area contributed by atoms with Crippen LogP contribution in [0, 0.1) is 0 Å². The van der Waals surface area contributed by atoms with Crippen LogP contribution in [0.3, 0.4) is 0 Å². The van der Waals surface area contributed by atoms with Crippen LogP contribution >= 0.6 is 0 Å². The Morgan fingerprint density at radius 3 is 2.77 bits per heavy atom. The molecule has 0 aliphatic carbocycles. The highest BCUT2D eigenvalue weighted by Crippen LogP contribution is 2.28. The number of carbonyl (C=O) groups is 1. The SMILES string of the molecule is O=C(NC[C@H]1CCCO1)c1ccc(CN2CCCc3ccccc32)cc1. The fourth-order valence-electron chi connectivity index (χ4n) is 3.87. The van der Waals surface area contributed by atoms with Crippen LogP contribution in [0.1, 0.15) is 40.7 Å². The monoisotopic (exact) mass is 350 g/mol. The van der Waals surface area contributed by atoms with Gasteiger partial charge in [0.15, 0.2) is 0 Å². The summed E-state index contributed by atoms with van der Waals surface area (Å²) in [5, 5.41) is 2.98. The van der Waals surface area contributed by atoms with Gasteiger partial charge in [-0.3, -0.25) is 4.79 Å². The lowest BCUT2D eigenvalue weighted by atomic mass is 10.0. The van der Waals surface area contributed by atoms with E-state index >= 15 is 0 Å². The summed E-state index contributed by atoms with van der Waals surface area (Å²) in [5.74, 6) is -0.0182. The number of ether oxygens (including phenoxy) is 1. The van der Waals surface area contributed by atoms with E-state index in [1.807, 2.05) is 12.1 Å². The second-order valence-electron chi connectivity index (χ2n) is 7.20. The number of hydrogen-bond acceptors (Lipinski definition) is 3. The van der Waals surface area contributed by atoms with Gasteiger partial charge in [0, 0.05) is 37.5 Å². The minimum absolute atomic E-state index is 0.0182. The van der Waals surface area contributed by atoms with Crippen molar-refractivity contribution in [2.45, 2.75) is 38.3 Å². The van der Waals surface area contributed by atoms with Crippen molar-refractivity contribution in [1.29, 1.82) is 0 Å². The quantitative estimate of drug-likeness (QED) is 0.897. The summed E-state index contributed by atoms with van der Waals surface area (Å²) in [6.45, 7) is 3.38. The van der Waals surface area contributed by atoms with Crippen LogP contribution in [-0.2, 0) is 17.7 Å². The van der Waals surface area contributed by atoms with E-state index in [-0.39, 0.29) is 12.0 Å². The van der Waals surface area contributed by atoms with Crippen molar-refractivity contribution < 1.29 is 9.53 Å². The number of para-hydroxylation sites is 1. The number of anilines is 1. The molecule has 1 atom stereocenters. The highest BCUT2D eigenvalue weighted by Gasteiger charge is 2.18. The molecule has 1 saturated heterocycles. The third kappa shape index (κ3) is 3.91. The Morgan fingerprint density at radius 2 is 1.96 bits per heavy atom. The molecule has 4 rings (SSSR count). The highest BCUT2D eigenvalue weighted by atomic mass is 16.5. The summed E-state index contributed by atoms with van der Waals surface area (Å²) in [7, 11) is 0. The van der Waals surface area contributed by atoms with Crippen molar-refractivity contribution in [3.63, 3.8) is 0 Å². The maximum atomic E-state index is 12.3.